The summed E-state index contributed by atoms with van der Waals surface area (Å²) in [7, 11) is 0. The fraction of sp³-hybridized carbons (Fsp3) is 0.0667. The van der Waals surface area contributed by atoms with E-state index in [1.807, 2.05) is 0 Å². The molecule has 0 heterocycles. The summed E-state index contributed by atoms with van der Waals surface area (Å²) in [5.41, 5.74) is -0.496. The van der Waals surface area contributed by atoms with Gasteiger partial charge in [-0.05, 0) is 30.7 Å². The van der Waals surface area contributed by atoms with E-state index in [1.54, 1.807) is 19.1 Å². The number of amides is 1. The van der Waals surface area contributed by atoms with Gasteiger partial charge in [-0.25, -0.2) is 4.79 Å². The molecule has 0 fully saturated rings. The summed E-state index contributed by atoms with van der Waals surface area (Å²) in [5.74, 6) is -2.32. The summed E-state index contributed by atoms with van der Waals surface area (Å²) < 4.78 is 0. The molecular formula is C15H11ClN2O5. The molecule has 0 aliphatic heterocycles. The van der Waals surface area contributed by atoms with Crippen molar-refractivity contribution in [3.8, 4) is 0 Å². The second-order valence-electron chi connectivity index (χ2n) is 4.68. The van der Waals surface area contributed by atoms with Crippen LogP contribution >= 0.6 is 11.6 Å². The molecule has 0 saturated carbocycles. The quantitative estimate of drug-likeness (QED) is 0.656. The van der Waals surface area contributed by atoms with Crippen LogP contribution in [0.4, 0.5) is 11.4 Å². The summed E-state index contributed by atoms with van der Waals surface area (Å²) in [4.78, 5) is 33.8. The maximum absolute atomic E-state index is 12.3. The molecule has 1 amide bonds. The number of carboxylic acid groups (broad SMARTS) is 1. The van der Waals surface area contributed by atoms with E-state index in [0.29, 0.717) is 16.3 Å². The van der Waals surface area contributed by atoms with Gasteiger partial charge in [0.2, 0.25) is 0 Å². The number of hydrogen-bond donors (Lipinski definition) is 2. The van der Waals surface area contributed by atoms with E-state index < -0.39 is 28.1 Å². The van der Waals surface area contributed by atoms with Gasteiger partial charge in [-0.1, -0.05) is 23.7 Å². The van der Waals surface area contributed by atoms with Crippen LogP contribution in [0.25, 0.3) is 0 Å². The van der Waals surface area contributed by atoms with Gasteiger partial charge in [0.1, 0.15) is 5.56 Å². The van der Waals surface area contributed by atoms with Crippen molar-refractivity contribution in [1.82, 2.24) is 0 Å². The van der Waals surface area contributed by atoms with Crippen LogP contribution < -0.4 is 5.32 Å². The predicted molar refractivity (Wildman–Crippen MR) is 84.2 cm³/mol. The first-order valence-corrected chi connectivity index (χ1v) is 6.77. The zero-order chi connectivity index (χ0) is 17.1. The van der Waals surface area contributed by atoms with Crippen molar-refractivity contribution in [2.75, 3.05) is 5.32 Å². The van der Waals surface area contributed by atoms with Crippen molar-refractivity contribution < 1.29 is 19.6 Å². The number of benzene rings is 2. The summed E-state index contributed by atoms with van der Waals surface area (Å²) >= 11 is 5.86. The fourth-order valence-corrected chi connectivity index (χ4v) is 2.20. The number of rotatable bonds is 4. The van der Waals surface area contributed by atoms with Crippen molar-refractivity contribution in [3.63, 3.8) is 0 Å². The lowest BCUT2D eigenvalue weighted by atomic mass is 10.0. The minimum Gasteiger partial charge on any atom is -0.477 e. The minimum atomic E-state index is -1.55. The van der Waals surface area contributed by atoms with Crippen LogP contribution in [-0.4, -0.2) is 21.9 Å². The molecule has 0 aliphatic carbocycles. The molecule has 2 aromatic carbocycles. The average Bonchev–Trinajstić information content (AvgIpc) is 2.49. The van der Waals surface area contributed by atoms with Gasteiger partial charge < -0.3 is 10.4 Å². The maximum Gasteiger partial charge on any atom is 0.343 e. The van der Waals surface area contributed by atoms with Gasteiger partial charge in [0.15, 0.2) is 0 Å². The highest BCUT2D eigenvalue weighted by molar-refractivity contribution is 6.31. The monoisotopic (exact) mass is 334 g/mol. The molecule has 23 heavy (non-hydrogen) atoms. The first-order chi connectivity index (χ1) is 10.8. The largest absolute Gasteiger partial charge is 0.477 e. The highest BCUT2D eigenvalue weighted by Gasteiger charge is 2.27. The first-order valence-electron chi connectivity index (χ1n) is 6.39. The van der Waals surface area contributed by atoms with Crippen LogP contribution in [0.3, 0.4) is 0 Å². The lowest BCUT2D eigenvalue weighted by molar-refractivity contribution is -0.385. The Hall–Kier alpha value is -2.93. The standard InChI is InChI=1S/C15H11ClN2O5/c1-8-5-6-9(16)7-11(8)17-14(19)10-3-2-4-12(18(22)23)13(10)15(20)21/h2-7H,1H3,(H,17,19)(H,20,21). The Bertz CT molecular complexity index is 820. The molecule has 7 nitrogen and oxygen atoms in total. The number of carbonyl (C=O) groups is 2. The number of nitro benzene ring substituents is 1. The number of anilines is 1. The molecule has 2 N–H and O–H groups in total. The van der Waals surface area contributed by atoms with Gasteiger partial charge in [-0.15, -0.1) is 0 Å². The van der Waals surface area contributed by atoms with E-state index in [1.165, 1.54) is 18.2 Å². The second kappa shape index (κ2) is 6.45. The number of halogens is 1. The van der Waals surface area contributed by atoms with Gasteiger partial charge in [0.25, 0.3) is 11.6 Å². The number of carbonyl (C=O) groups excluding carboxylic acids is 1. The maximum atomic E-state index is 12.3. The predicted octanol–water partition coefficient (Wildman–Crippen LogP) is 3.51. The zero-order valence-electron chi connectivity index (χ0n) is 11.9. The molecule has 2 rings (SSSR count). The summed E-state index contributed by atoms with van der Waals surface area (Å²) in [6.45, 7) is 1.73. The Balaban J connectivity index is 2.47. The fourth-order valence-electron chi connectivity index (χ4n) is 2.02. The van der Waals surface area contributed by atoms with Crippen LogP contribution in [-0.2, 0) is 0 Å². The third-order valence-electron chi connectivity index (χ3n) is 3.15. The lowest BCUT2D eigenvalue weighted by Gasteiger charge is -2.10. The lowest BCUT2D eigenvalue weighted by Crippen LogP contribution is -2.18. The number of nitro groups is 1. The van der Waals surface area contributed by atoms with E-state index >= 15 is 0 Å². The van der Waals surface area contributed by atoms with E-state index in [0.717, 1.165) is 6.07 Å². The summed E-state index contributed by atoms with van der Waals surface area (Å²) in [6, 6.07) is 8.33. The molecule has 0 aromatic heterocycles. The number of nitrogens with one attached hydrogen (secondary N) is 1. The Kier molecular flexibility index (Phi) is 4.61. The van der Waals surface area contributed by atoms with Crippen LogP contribution in [0.15, 0.2) is 36.4 Å². The van der Waals surface area contributed by atoms with Gasteiger partial charge >= 0.3 is 5.97 Å². The van der Waals surface area contributed by atoms with Crippen LogP contribution in [0.2, 0.25) is 5.02 Å². The SMILES string of the molecule is Cc1ccc(Cl)cc1NC(=O)c1cccc([N+](=O)[O-])c1C(=O)O. The van der Waals surface area contributed by atoms with Crippen molar-refractivity contribution in [3.05, 3.63) is 68.2 Å². The average molecular weight is 335 g/mol. The van der Waals surface area contributed by atoms with Crippen LogP contribution in [0, 0.1) is 17.0 Å². The third kappa shape index (κ3) is 3.46. The van der Waals surface area contributed by atoms with Crippen molar-refractivity contribution >= 4 is 34.9 Å². The van der Waals surface area contributed by atoms with Gasteiger partial charge in [0.05, 0.1) is 10.5 Å². The molecule has 0 radical (unpaired) electrons. The summed E-state index contributed by atoms with van der Waals surface area (Å²) in [5, 5.41) is 23.1. The first kappa shape index (κ1) is 16.4. The van der Waals surface area contributed by atoms with Crippen molar-refractivity contribution in [1.29, 1.82) is 0 Å². The molecule has 0 saturated heterocycles. The second-order valence-corrected chi connectivity index (χ2v) is 5.11. The van der Waals surface area contributed by atoms with E-state index in [9.17, 15) is 24.8 Å². The van der Waals surface area contributed by atoms with E-state index in [2.05, 4.69) is 5.32 Å². The molecule has 2 aromatic rings. The number of aromatic carboxylic acids is 1. The molecule has 0 bridgehead atoms. The Labute approximate surface area is 135 Å². The Morgan fingerprint density at radius 2 is 1.96 bits per heavy atom. The Morgan fingerprint density at radius 1 is 1.26 bits per heavy atom. The Morgan fingerprint density at radius 3 is 2.57 bits per heavy atom. The topological polar surface area (TPSA) is 110 Å². The van der Waals surface area contributed by atoms with Crippen molar-refractivity contribution in [2.45, 2.75) is 6.92 Å². The molecule has 0 unspecified atom stereocenters. The van der Waals surface area contributed by atoms with Gasteiger partial charge in [-0.2, -0.15) is 0 Å². The molecule has 118 valence electrons. The molecule has 0 spiro atoms. The van der Waals surface area contributed by atoms with Crippen LogP contribution in [0.1, 0.15) is 26.3 Å². The smallest absolute Gasteiger partial charge is 0.343 e. The molecule has 8 heteroatoms. The number of carboxylic acids is 1. The highest BCUT2D eigenvalue weighted by atomic mass is 35.5. The number of aryl methyl sites for hydroxylation is 1. The summed E-state index contributed by atoms with van der Waals surface area (Å²) in [6.07, 6.45) is 0. The molecular weight excluding hydrogens is 324 g/mol. The zero-order valence-corrected chi connectivity index (χ0v) is 12.6. The normalized spacial score (nSPS) is 10.2. The third-order valence-corrected chi connectivity index (χ3v) is 3.38. The molecule has 0 atom stereocenters. The minimum absolute atomic E-state index is 0.300. The van der Waals surface area contributed by atoms with Gasteiger partial charge in [0, 0.05) is 16.8 Å². The number of hydrogen-bond acceptors (Lipinski definition) is 4. The van der Waals surface area contributed by atoms with Gasteiger partial charge in [-0.3, -0.25) is 14.9 Å². The number of nitrogens with zero attached hydrogens (tertiary/aromatic N) is 1. The highest BCUT2D eigenvalue weighted by Crippen LogP contribution is 2.25. The van der Waals surface area contributed by atoms with Crippen LogP contribution in [0.5, 0.6) is 0 Å². The van der Waals surface area contributed by atoms with E-state index in [4.69, 9.17) is 11.6 Å². The molecule has 0 aliphatic rings. The van der Waals surface area contributed by atoms with E-state index in [-0.39, 0.29) is 5.56 Å². The van der Waals surface area contributed by atoms with Crippen molar-refractivity contribution in [2.24, 2.45) is 0 Å².